The Morgan fingerprint density at radius 1 is 1.52 bits per heavy atom. The van der Waals surface area contributed by atoms with Crippen molar-refractivity contribution in [3.63, 3.8) is 0 Å². The van der Waals surface area contributed by atoms with Gasteiger partial charge in [-0.2, -0.15) is 0 Å². The summed E-state index contributed by atoms with van der Waals surface area (Å²) in [6.45, 7) is -0.0158. The maximum absolute atomic E-state index is 11.8. The summed E-state index contributed by atoms with van der Waals surface area (Å²) in [6.07, 6.45) is 0.879. The third-order valence-electron chi connectivity index (χ3n) is 2.95. The average molecular weight is 435 g/mol. The molecule has 4 amide bonds. The highest BCUT2D eigenvalue weighted by Crippen LogP contribution is 2.19. The number of oxime groups is 1. The van der Waals surface area contributed by atoms with E-state index in [0.717, 1.165) is 18.0 Å². The highest BCUT2D eigenvalue weighted by molar-refractivity contribution is 8.00. The second kappa shape index (κ2) is 10.1. The first-order chi connectivity index (χ1) is 12.9. The maximum atomic E-state index is 11.8. The second-order valence-corrected chi connectivity index (χ2v) is 7.28. The van der Waals surface area contributed by atoms with E-state index in [-0.39, 0.29) is 30.1 Å². The second-order valence-electron chi connectivity index (χ2n) is 5.03. The number of nitrogens with two attached hydrogens (primary N) is 1. The number of hydrogen-bond donors (Lipinski definition) is 4. The van der Waals surface area contributed by atoms with Gasteiger partial charge >= 0.3 is 0 Å². The van der Waals surface area contributed by atoms with Crippen molar-refractivity contribution in [1.82, 2.24) is 15.6 Å². The number of β-lactam (4-membered cyclic amide) rings is 1. The number of carbonyl (C=O) groups is 4. The van der Waals surface area contributed by atoms with Gasteiger partial charge in [-0.05, 0) is 0 Å². The highest BCUT2D eigenvalue weighted by Gasteiger charge is 2.40. The summed E-state index contributed by atoms with van der Waals surface area (Å²) in [4.78, 5) is 54.1. The van der Waals surface area contributed by atoms with Crippen molar-refractivity contribution in [3.8, 4) is 0 Å². The van der Waals surface area contributed by atoms with Crippen LogP contribution in [0.25, 0.3) is 0 Å². The topological polar surface area (TPSA) is 165 Å². The number of carbonyl (C=O) groups excluding carboxylic acids is 4. The summed E-state index contributed by atoms with van der Waals surface area (Å²) < 4.78 is 0. The zero-order valence-corrected chi connectivity index (χ0v) is 16.0. The fourth-order valence-electron chi connectivity index (χ4n) is 1.77. The Morgan fingerprint density at radius 3 is 2.96 bits per heavy atom. The molecule has 0 bridgehead atoms. The Morgan fingerprint density at radius 2 is 2.30 bits per heavy atom. The van der Waals surface area contributed by atoms with Crippen LogP contribution in [0.15, 0.2) is 10.5 Å². The number of thiazole rings is 1. The Labute approximate surface area is 166 Å². The van der Waals surface area contributed by atoms with Crippen LogP contribution in [0.1, 0.15) is 5.69 Å². The lowest BCUT2D eigenvalue weighted by Gasteiger charge is -2.35. The van der Waals surface area contributed by atoms with E-state index in [1.165, 1.54) is 11.3 Å². The molecule has 11 nitrogen and oxygen atoms in total. The summed E-state index contributed by atoms with van der Waals surface area (Å²) in [5.41, 5.74) is 5.54. The number of anilines is 1. The smallest absolute Gasteiger partial charge is 0.266 e. The number of nitrogens with zero attached hydrogens (tertiary/aromatic N) is 2. The lowest BCUT2D eigenvalue weighted by Crippen LogP contribution is -2.68. The Hall–Kier alpha value is -2.38. The molecule has 1 aromatic rings. The molecule has 1 aliphatic rings. The Balaban J connectivity index is 1.71. The van der Waals surface area contributed by atoms with Crippen molar-refractivity contribution < 1.29 is 24.0 Å². The Bertz CT molecular complexity index is 757. The summed E-state index contributed by atoms with van der Waals surface area (Å²) in [6, 6.07) is -0.778. The van der Waals surface area contributed by atoms with Crippen molar-refractivity contribution in [2.45, 2.75) is 18.0 Å². The number of rotatable bonds is 10. The molecule has 5 N–H and O–H groups in total. The molecule has 0 aliphatic carbocycles. The van der Waals surface area contributed by atoms with Crippen LogP contribution in [0, 0.1) is 0 Å². The van der Waals surface area contributed by atoms with E-state index in [0.29, 0.717) is 10.8 Å². The molecule has 2 atom stereocenters. The van der Waals surface area contributed by atoms with Crippen LogP contribution in [0.5, 0.6) is 0 Å². The van der Waals surface area contributed by atoms with Gasteiger partial charge in [0, 0.05) is 5.38 Å². The molecule has 0 saturated carbocycles. The Kier molecular flexibility index (Phi) is 7.82. The van der Waals surface area contributed by atoms with Gasteiger partial charge in [0.05, 0.1) is 11.4 Å². The van der Waals surface area contributed by atoms with Crippen molar-refractivity contribution in [2.75, 3.05) is 16.9 Å². The van der Waals surface area contributed by atoms with Gasteiger partial charge in [-0.1, -0.05) is 5.16 Å². The number of nitrogens with one attached hydrogen (secondary N) is 3. The number of aromatic nitrogens is 1. The number of hydrogen-bond acceptors (Lipinski definition) is 9. The van der Waals surface area contributed by atoms with Crippen LogP contribution in [0.3, 0.4) is 0 Å². The molecule has 0 unspecified atom stereocenters. The molecule has 1 fully saturated rings. The molecule has 2 rings (SSSR count). The number of amides is 4. The lowest BCUT2D eigenvalue weighted by molar-refractivity contribution is -0.132. The van der Waals surface area contributed by atoms with Crippen LogP contribution in [-0.2, 0) is 30.6 Å². The first-order valence-electron chi connectivity index (χ1n) is 7.35. The molecule has 14 heteroatoms. The number of halogens is 1. The van der Waals surface area contributed by atoms with Crippen molar-refractivity contribution in [2.24, 2.45) is 10.9 Å². The van der Waals surface area contributed by atoms with Crippen LogP contribution < -0.4 is 21.7 Å². The molecule has 146 valence electrons. The minimum absolute atomic E-state index is 0.0158. The molecular formula is C13H15ClN6O5S2. The molecule has 1 saturated heterocycles. The normalized spacial score (nSPS) is 18.5. The van der Waals surface area contributed by atoms with E-state index in [9.17, 15) is 19.2 Å². The maximum Gasteiger partial charge on any atom is 0.266 e. The van der Waals surface area contributed by atoms with E-state index in [4.69, 9.17) is 22.2 Å². The van der Waals surface area contributed by atoms with Crippen LogP contribution >= 0.6 is 34.7 Å². The summed E-state index contributed by atoms with van der Waals surface area (Å²) in [7, 11) is 0. The first-order valence-corrected chi connectivity index (χ1v) is 9.81. The molecule has 0 aromatic carbocycles. The van der Waals surface area contributed by atoms with Gasteiger partial charge in [0.25, 0.3) is 5.91 Å². The summed E-state index contributed by atoms with van der Waals surface area (Å²) >= 11 is 7.68. The minimum Gasteiger partial charge on any atom is -0.389 e. The van der Waals surface area contributed by atoms with Crippen LogP contribution in [0.2, 0.25) is 0 Å². The van der Waals surface area contributed by atoms with E-state index >= 15 is 0 Å². The van der Waals surface area contributed by atoms with E-state index in [1.807, 2.05) is 0 Å². The largest absolute Gasteiger partial charge is 0.389 e. The van der Waals surface area contributed by atoms with Crippen molar-refractivity contribution in [1.29, 1.82) is 0 Å². The van der Waals surface area contributed by atoms with Gasteiger partial charge < -0.3 is 26.5 Å². The molecule has 0 spiro atoms. The summed E-state index contributed by atoms with van der Waals surface area (Å²) in [5.74, 6) is -2.04. The summed E-state index contributed by atoms with van der Waals surface area (Å²) in [5, 5.41) is 12.6. The number of thioether (sulfide) groups is 1. The van der Waals surface area contributed by atoms with Gasteiger partial charge in [0.2, 0.25) is 17.7 Å². The minimum atomic E-state index is -0.778. The quantitative estimate of drug-likeness (QED) is 0.158. The fourth-order valence-corrected chi connectivity index (χ4v) is 3.47. The van der Waals surface area contributed by atoms with Gasteiger partial charge in [0.15, 0.2) is 11.7 Å². The monoisotopic (exact) mass is 434 g/mol. The average Bonchev–Trinajstić information content (AvgIpc) is 3.07. The molecule has 0 radical (unpaired) electrons. The van der Waals surface area contributed by atoms with E-state index in [1.54, 1.807) is 5.38 Å². The van der Waals surface area contributed by atoms with E-state index < -0.39 is 23.2 Å². The zero-order valence-electron chi connectivity index (χ0n) is 13.6. The lowest BCUT2D eigenvalue weighted by atomic mass is 10.1. The molecular weight excluding hydrogens is 420 g/mol. The van der Waals surface area contributed by atoms with Crippen molar-refractivity contribution >= 4 is 69.7 Å². The van der Waals surface area contributed by atoms with E-state index in [2.05, 4.69) is 26.1 Å². The predicted octanol–water partition coefficient (Wildman–Crippen LogP) is -1.02. The molecule has 27 heavy (non-hydrogen) atoms. The SMILES string of the molecule is NC(=O)CS[C@@H]1NC(=O)[C@H]1NC(=O)C=NOCc1csc(NC(=O)CCl)n1. The number of primary amides is 1. The van der Waals surface area contributed by atoms with Gasteiger partial charge in [0.1, 0.15) is 23.5 Å². The van der Waals surface area contributed by atoms with Gasteiger partial charge in [-0.3, -0.25) is 19.2 Å². The van der Waals surface area contributed by atoms with Gasteiger partial charge in [-0.25, -0.2) is 4.98 Å². The third kappa shape index (κ3) is 6.69. The molecule has 2 heterocycles. The fraction of sp³-hybridized carbons (Fsp3) is 0.385. The van der Waals surface area contributed by atoms with Gasteiger partial charge in [-0.15, -0.1) is 34.7 Å². The predicted molar refractivity (Wildman–Crippen MR) is 100 cm³/mol. The highest BCUT2D eigenvalue weighted by atomic mass is 35.5. The molecule has 1 aromatic heterocycles. The van der Waals surface area contributed by atoms with Crippen LogP contribution in [-0.4, -0.2) is 57.9 Å². The first kappa shape index (κ1) is 20.9. The number of alkyl halides is 1. The standard InChI is InChI=1S/C13H15ClN6O5S2/c14-1-8(22)19-13-17-6(4-27-13)3-25-16-2-9(23)18-10-11(24)20-12(10)26-5-7(15)21/h2,4,10,12H,1,3,5H2,(H2,15,21)(H,18,23)(H,20,24)(H,17,19,22)/t10-,12+/m1/s1. The third-order valence-corrected chi connectivity index (χ3v) is 5.20. The molecule has 1 aliphatic heterocycles. The van der Waals surface area contributed by atoms with Crippen LogP contribution in [0.4, 0.5) is 5.13 Å². The van der Waals surface area contributed by atoms with Crippen molar-refractivity contribution in [3.05, 3.63) is 11.1 Å². The zero-order chi connectivity index (χ0) is 19.8.